The molecule has 0 radical (unpaired) electrons. The molecule has 8 nitrogen and oxygen atoms in total. The number of aromatic nitrogens is 2. The summed E-state index contributed by atoms with van der Waals surface area (Å²) in [6, 6.07) is 27.8. The van der Waals surface area contributed by atoms with Gasteiger partial charge in [-0.25, -0.2) is 0 Å². The van der Waals surface area contributed by atoms with Crippen molar-refractivity contribution < 1.29 is 14.3 Å². The predicted octanol–water partition coefficient (Wildman–Crippen LogP) is 5.36. The van der Waals surface area contributed by atoms with E-state index in [1.807, 2.05) is 78.6 Å². The lowest BCUT2D eigenvalue weighted by molar-refractivity contribution is -0.132. The van der Waals surface area contributed by atoms with Gasteiger partial charge in [-0.15, -0.1) is 10.2 Å². The van der Waals surface area contributed by atoms with Crippen molar-refractivity contribution in [3.8, 4) is 17.0 Å². The van der Waals surface area contributed by atoms with E-state index in [1.165, 1.54) is 0 Å². The number of amides is 2. The topological polar surface area (TPSA) is 78.9 Å². The first kappa shape index (κ1) is 28.1. The highest BCUT2D eigenvalue weighted by molar-refractivity contribution is 6.33. The fourth-order valence-electron chi connectivity index (χ4n) is 4.93. The third-order valence-electron chi connectivity index (χ3n) is 7.41. The van der Waals surface area contributed by atoms with E-state index in [0.29, 0.717) is 48.2 Å². The molecule has 210 valence electrons. The van der Waals surface area contributed by atoms with Crippen molar-refractivity contribution in [2.45, 2.75) is 13.0 Å². The largest absolute Gasteiger partial charge is 0.497 e. The number of carbonyl (C=O) groups is 2. The van der Waals surface area contributed by atoms with Crippen molar-refractivity contribution in [1.82, 2.24) is 20.0 Å². The summed E-state index contributed by atoms with van der Waals surface area (Å²) in [7, 11) is 1.58. The second-order valence-electron chi connectivity index (χ2n) is 9.87. The van der Waals surface area contributed by atoms with Gasteiger partial charge >= 0.3 is 0 Å². The molecule has 0 spiro atoms. The molecule has 0 bridgehead atoms. The second kappa shape index (κ2) is 12.8. The quantitative estimate of drug-likeness (QED) is 0.284. The molecule has 4 aromatic rings. The number of anilines is 1. The van der Waals surface area contributed by atoms with Crippen LogP contribution in [0.15, 0.2) is 91.0 Å². The molecule has 5 rings (SSSR count). The van der Waals surface area contributed by atoms with Crippen LogP contribution in [0.1, 0.15) is 28.9 Å². The molecule has 41 heavy (non-hydrogen) atoms. The number of piperazine rings is 1. The molecule has 1 saturated heterocycles. The minimum Gasteiger partial charge on any atom is -0.497 e. The lowest BCUT2D eigenvalue weighted by atomic mass is 10.1. The van der Waals surface area contributed by atoms with Crippen molar-refractivity contribution >= 4 is 29.2 Å². The molecule has 0 saturated carbocycles. The van der Waals surface area contributed by atoms with Crippen LogP contribution in [0.2, 0.25) is 5.02 Å². The van der Waals surface area contributed by atoms with E-state index in [9.17, 15) is 9.59 Å². The Hall–Kier alpha value is -4.43. The molecule has 3 aromatic carbocycles. The Kier molecular flexibility index (Phi) is 8.79. The third-order valence-corrected chi connectivity index (χ3v) is 7.74. The first-order valence-electron chi connectivity index (χ1n) is 13.6. The van der Waals surface area contributed by atoms with Gasteiger partial charge in [0.2, 0.25) is 5.91 Å². The minimum absolute atomic E-state index is 0.0206. The monoisotopic (exact) mass is 569 g/mol. The maximum atomic E-state index is 13.6. The summed E-state index contributed by atoms with van der Waals surface area (Å²) in [5.41, 5.74) is 3.01. The summed E-state index contributed by atoms with van der Waals surface area (Å²) in [5.74, 6) is 1.13. The van der Waals surface area contributed by atoms with Gasteiger partial charge in [-0.1, -0.05) is 60.1 Å². The average Bonchev–Trinajstić information content (AvgIpc) is 3.04. The molecule has 1 aliphatic rings. The number of carbonyl (C=O) groups excluding carboxylic acids is 2. The Balaban J connectivity index is 1.25. The molecule has 1 unspecified atom stereocenters. The summed E-state index contributed by atoms with van der Waals surface area (Å²) < 4.78 is 5.24. The van der Waals surface area contributed by atoms with Gasteiger partial charge in [-0.05, 0) is 55.0 Å². The molecule has 2 heterocycles. The van der Waals surface area contributed by atoms with E-state index in [2.05, 4.69) is 15.1 Å². The van der Waals surface area contributed by atoms with Gasteiger partial charge in [-0.2, -0.15) is 0 Å². The maximum absolute atomic E-state index is 13.6. The van der Waals surface area contributed by atoms with Crippen molar-refractivity contribution in [1.29, 1.82) is 0 Å². The van der Waals surface area contributed by atoms with Crippen LogP contribution in [0.25, 0.3) is 11.3 Å². The predicted molar refractivity (Wildman–Crippen MR) is 160 cm³/mol. The van der Waals surface area contributed by atoms with Crippen LogP contribution in [0.3, 0.4) is 0 Å². The number of rotatable bonds is 8. The van der Waals surface area contributed by atoms with Crippen molar-refractivity contribution in [2.75, 3.05) is 44.7 Å². The Morgan fingerprint density at radius 1 is 0.878 bits per heavy atom. The molecule has 1 aromatic heterocycles. The zero-order valence-electron chi connectivity index (χ0n) is 23.1. The normalized spacial score (nSPS) is 13.9. The van der Waals surface area contributed by atoms with Gasteiger partial charge in [0.1, 0.15) is 12.3 Å². The van der Waals surface area contributed by atoms with Crippen LogP contribution in [-0.4, -0.2) is 71.6 Å². The van der Waals surface area contributed by atoms with Crippen LogP contribution in [0.5, 0.6) is 5.75 Å². The third kappa shape index (κ3) is 6.49. The maximum Gasteiger partial charge on any atom is 0.254 e. The Morgan fingerprint density at radius 3 is 2.20 bits per heavy atom. The van der Waals surface area contributed by atoms with Crippen LogP contribution in [0.4, 0.5) is 5.82 Å². The number of benzene rings is 3. The molecule has 1 atom stereocenters. The molecular formula is C32H32ClN5O3. The Bertz CT molecular complexity index is 1470. The number of methoxy groups -OCH3 is 1. The minimum atomic E-state index is -0.289. The molecule has 1 aliphatic heterocycles. The summed E-state index contributed by atoms with van der Waals surface area (Å²) in [6.07, 6.45) is 0. The average molecular weight is 570 g/mol. The molecule has 0 N–H and O–H groups in total. The van der Waals surface area contributed by atoms with Gasteiger partial charge in [0, 0.05) is 37.3 Å². The summed E-state index contributed by atoms with van der Waals surface area (Å²) in [6.45, 7) is 4.22. The highest BCUT2D eigenvalue weighted by Crippen LogP contribution is 2.27. The summed E-state index contributed by atoms with van der Waals surface area (Å²) in [5, 5.41) is 9.42. The number of ether oxygens (including phenoxy) is 1. The van der Waals surface area contributed by atoms with Gasteiger partial charge in [0.25, 0.3) is 5.91 Å². The molecule has 2 amide bonds. The van der Waals surface area contributed by atoms with E-state index in [-0.39, 0.29) is 24.4 Å². The standard InChI is InChI=1S/C32H32ClN5O3/c1-23(24-8-4-3-5-9-24)38(32(40)25-12-14-26(41-2)15-13-25)22-31(39)37-20-18-36(19-21-37)30-17-16-29(34-35-30)27-10-6-7-11-28(27)33/h3-17,23H,18-22H2,1-2H3. The molecule has 0 aliphatic carbocycles. The van der Waals surface area contributed by atoms with Crippen molar-refractivity contribution in [2.24, 2.45) is 0 Å². The molecule has 9 heteroatoms. The first-order valence-corrected chi connectivity index (χ1v) is 13.9. The van der Waals surface area contributed by atoms with Crippen molar-refractivity contribution in [3.63, 3.8) is 0 Å². The summed E-state index contributed by atoms with van der Waals surface area (Å²) in [4.78, 5) is 32.7. The first-order chi connectivity index (χ1) is 19.9. The van der Waals surface area contributed by atoms with Gasteiger partial charge in [0.15, 0.2) is 5.82 Å². The zero-order valence-corrected chi connectivity index (χ0v) is 23.9. The van der Waals surface area contributed by atoms with E-state index in [0.717, 1.165) is 16.9 Å². The number of hydrogen-bond donors (Lipinski definition) is 0. The van der Waals surface area contributed by atoms with Gasteiger partial charge in [0.05, 0.1) is 23.9 Å². The molecule has 1 fully saturated rings. The van der Waals surface area contributed by atoms with Crippen LogP contribution >= 0.6 is 11.6 Å². The summed E-state index contributed by atoms with van der Waals surface area (Å²) >= 11 is 6.30. The fourth-order valence-corrected chi connectivity index (χ4v) is 5.17. The lowest BCUT2D eigenvalue weighted by Gasteiger charge is -2.37. The fraction of sp³-hybridized carbons (Fsp3) is 0.250. The Labute approximate surface area is 245 Å². The van der Waals surface area contributed by atoms with E-state index < -0.39 is 0 Å². The highest BCUT2D eigenvalue weighted by atomic mass is 35.5. The van der Waals surface area contributed by atoms with Crippen LogP contribution in [0, 0.1) is 0 Å². The van der Waals surface area contributed by atoms with Gasteiger partial charge < -0.3 is 19.4 Å². The number of halogens is 1. The molecular weight excluding hydrogens is 538 g/mol. The van der Waals surface area contributed by atoms with Crippen LogP contribution in [-0.2, 0) is 4.79 Å². The Morgan fingerprint density at radius 2 is 1.56 bits per heavy atom. The SMILES string of the molecule is COc1ccc(C(=O)N(CC(=O)N2CCN(c3ccc(-c4ccccc4Cl)nn3)CC2)C(C)c2ccccc2)cc1. The smallest absolute Gasteiger partial charge is 0.254 e. The van der Waals surface area contributed by atoms with E-state index in [1.54, 1.807) is 36.3 Å². The second-order valence-corrected chi connectivity index (χ2v) is 10.3. The van der Waals surface area contributed by atoms with E-state index in [4.69, 9.17) is 16.3 Å². The van der Waals surface area contributed by atoms with Gasteiger partial charge in [-0.3, -0.25) is 9.59 Å². The zero-order chi connectivity index (χ0) is 28.8. The number of hydrogen-bond acceptors (Lipinski definition) is 6. The highest BCUT2D eigenvalue weighted by Gasteiger charge is 2.29. The van der Waals surface area contributed by atoms with Crippen molar-refractivity contribution in [3.05, 3.63) is 107 Å². The number of nitrogens with zero attached hydrogens (tertiary/aromatic N) is 5. The van der Waals surface area contributed by atoms with Crippen LogP contribution < -0.4 is 9.64 Å². The lowest BCUT2D eigenvalue weighted by Crippen LogP contribution is -2.52. The van der Waals surface area contributed by atoms with E-state index >= 15 is 0 Å².